The molecular formula is C18H26FNO2S. The van der Waals surface area contributed by atoms with E-state index in [1.165, 1.54) is 25.0 Å². The number of halogens is 1. The molecule has 23 heavy (non-hydrogen) atoms. The van der Waals surface area contributed by atoms with E-state index in [1.54, 1.807) is 23.9 Å². The van der Waals surface area contributed by atoms with Crippen molar-refractivity contribution in [2.24, 2.45) is 11.8 Å². The van der Waals surface area contributed by atoms with Crippen LogP contribution in [0.25, 0.3) is 0 Å². The lowest BCUT2D eigenvalue weighted by molar-refractivity contribution is -0.119. The number of hydrogen-bond acceptors (Lipinski definition) is 3. The van der Waals surface area contributed by atoms with Crippen molar-refractivity contribution in [3.63, 3.8) is 0 Å². The number of ether oxygens (including phenoxy) is 1. The summed E-state index contributed by atoms with van der Waals surface area (Å²) in [5, 5.41) is 3.17. The van der Waals surface area contributed by atoms with E-state index >= 15 is 0 Å². The molecule has 1 saturated carbocycles. The van der Waals surface area contributed by atoms with E-state index in [0.717, 1.165) is 12.2 Å². The molecule has 1 amide bonds. The lowest BCUT2D eigenvalue weighted by atomic mass is 9.78. The standard InChI is InChI=1S/C18H26FNO2S/c1-13-4-3-5-17(14(13)2)20-18(21)12-23-11-10-22-16-8-6-15(19)7-9-16/h6-9,13-14,17H,3-5,10-12H2,1-2H3,(H,20,21). The Morgan fingerprint density at radius 2 is 2.04 bits per heavy atom. The van der Waals surface area contributed by atoms with Crippen LogP contribution in [-0.4, -0.2) is 30.1 Å². The molecular weight excluding hydrogens is 313 g/mol. The van der Waals surface area contributed by atoms with E-state index in [2.05, 4.69) is 19.2 Å². The minimum absolute atomic E-state index is 0.114. The minimum atomic E-state index is -0.269. The zero-order chi connectivity index (χ0) is 16.7. The molecule has 0 radical (unpaired) electrons. The lowest BCUT2D eigenvalue weighted by Crippen LogP contribution is -2.44. The van der Waals surface area contributed by atoms with Gasteiger partial charge in [0.05, 0.1) is 12.4 Å². The monoisotopic (exact) mass is 339 g/mol. The summed E-state index contributed by atoms with van der Waals surface area (Å²) in [6.45, 7) is 5.02. The van der Waals surface area contributed by atoms with Crippen molar-refractivity contribution >= 4 is 17.7 Å². The highest BCUT2D eigenvalue weighted by Gasteiger charge is 2.27. The minimum Gasteiger partial charge on any atom is -0.493 e. The Balaban J connectivity index is 1.58. The highest BCUT2D eigenvalue weighted by molar-refractivity contribution is 7.99. The predicted octanol–water partition coefficient (Wildman–Crippen LogP) is 3.88. The second-order valence-electron chi connectivity index (χ2n) is 6.30. The normalized spacial score (nSPS) is 24.2. The van der Waals surface area contributed by atoms with Crippen molar-refractivity contribution in [2.75, 3.05) is 18.1 Å². The van der Waals surface area contributed by atoms with Crippen LogP contribution in [-0.2, 0) is 4.79 Å². The third-order valence-corrected chi connectivity index (χ3v) is 5.52. The molecule has 0 aromatic heterocycles. The predicted molar refractivity (Wildman–Crippen MR) is 93.3 cm³/mol. The maximum Gasteiger partial charge on any atom is 0.230 e. The first kappa shape index (κ1) is 18.1. The van der Waals surface area contributed by atoms with Gasteiger partial charge in [-0.2, -0.15) is 0 Å². The Labute approximate surface area is 142 Å². The average Bonchev–Trinajstić information content (AvgIpc) is 2.53. The van der Waals surface area contributed by atoms with Gasteiger partial charge < -0.3 is 10.1 Å². The molecule has 1 aliphatic carbocycles. The molecule has 2 rings (SSSR count). The van der Waals surface area contributed by atoms with E-state index in [4.69, 9.17) is 4.74 Å². The van der Waals surface area contributed by atoms with Gasteiger partial charge in [-0.3, -0.25) is 4.79 Å². The van der Waals surface area contributed by atoms with E-state index in [-0.39, 0.29) is 11.7 Å². The molecule has 1 aromatic carbocycles. The van der Waals surface area contributed by atoms with E-state index in [0.29, 0.717) is 36.0 Å². The SMILES string of the molecule is CC1CCCC(NC(=O)CSCCOc2ccc(F)cc2)C1C. The first-order valence-electron chi connectivity index (χ1n) is 8.31. The maximum atomic E-state index is 12.8. The molecule has 1 aromatic rings. The zero-order valence-electron chi connectivity index (χ0n) is 13.9. The number of thioether (sulfide) groups is 1. The molecule has 0 saturated heterocycles. The fraction of sp³-hybridized carbons (Fsp3) is 0.611. The third-order valence-electron chi connectivity index (χ3n) is 4.60. The summed E-state index contributed by atoms with van der Waals surface area (Å²) in [7, 11) is 0. The van der Waals surface area contributed by atoms with Crippen LogP contribution in [0.1, 0.15) is 33.1 Å². The summed E-state index contributed by atoms with van der Waals surface area (Å²) in [4.78, 5) is 12.0. The number of amides is 1. The first-order valence-corrected chi connectivity index (χ1v) is 9.47. The topological polar surface area (TPSA) is 38.3 Å². The van der Waals surface area contributed by atoms with E-state index < -0.39 is 0 Å². The molecule has 1 N–H and O–H groups in total. The number of carbonyl (C=O) groups excluding carboxylic acids is 1. The molecule has 128 valence electrons. The molecule has 0 heterocycles. The molecule has 3 nitrogen and oxygen atoms in total. The first-order chi connectivity index (χ1) is 11.1. The smallest absolute Gasteiger partial charge is 0.230 e. The summed E-state index contributed by atoms with van der Waals surface area (Å²) >= 11 is 1.56. The quantitative estimate of drug-likeness (QED) is 0.766. The Hall–Kier alpha value is -1.23. The highest BCUT2D eigenvalue weighted by atomic mass is 32.2. The second kappa shape index (κ2) is 9.16. The van der Waals surface area contributed by atoms with Crippen LogP contribution in [0.4, 0.5) is 4.39 Å². The molecule has 5 heteroatoms. The average molecular weight is 339 g/mol. The summed E-state index contributed by atoms with van der Waals surface area (Å²) < 4.78 is 18.3. The fourth-order valence-corrected chi connectivity index (χ4v) is 3.56. The maximum absolute atomic E-state index is 12.8. The second-order valence-corrected chi connectivity index (χ2v) is 7.40. The Morgan fingerprint density at radius 3 is 2.78 bits per heavy atom. The van der Waals surface area contributed by atoms with Crippen LogP contribution in [0.5, 0.6) is 5.75 Å². The van der Waals surface area contributed by atoms with Gasteiger partial charge in [0, 0.05) is 11.8 Å². The van der Waals surface area contributed by atoms with Crippen molar-refractivity contribution < 1.29 is 13.9 Å². The zero-order valence-corrected chi connectivity index (χ0v) is 14.7. The van der Waals surface area contributed by atoms with Crippen molar-refractivity contribution in [2.45, 2.75) is 39.2 Å². The van der Waals surface area contributed by atoms with E-state index in [9.17, 15) is 9.18 Å². The van der Waals surface area contributed by atoms with Crippen LogP contribution in [0.3, 0.4) is 0 Å². The van der Waals surface area contributed by atoms with Gasteiger partial charge in [0.2, 0.25) is 5.91 Å². The van der Waals surface area contributed by atoms with Crippen LogP contribution in [0, 0.1) is 17.7 Å². The number of nitrogens with one attached hydrogen (secondary N) is 1. The number of carbonyl (C=O) groups is 1. The van der Waals surface area contributed by atoms with Gasteiger partial charge in [-0.25, -0.2) is 4.39 Å². The fourth-order valence-electron chi connectivity index (χ4n) is 2.95. The van der Waals surface area contributed by atoms with Crippen molar-refractivity contribution in [3.8, 4) is 5.75 Å². The highest BCUT2D eigenvalue weighted by Crippen LogP contribution is 2.29. The van der Waals surface area contributed by atoms with Gasteiger partial charge in [0.15, 0.2) is 0 Å². The van der Waals surface area contributed by atoms with Crippen molar-refractivity contribution in [1.29, 1.82) is 0 Å². The van der Waals surface area contributed by atoms with Crippen LogP contribution >= 0.6 is 11.8 Å². The Morgan fingerprint density at radius 1 is 1.30 bits per heavy atom. The van der Waals surface area contributed by atoms with Gasteiger partial charge >= 0.3 is 0 Å². The number of rotatable bonds is 7. The molecule has 0 bridgehead atoms. The van der Waals surface area contributed by atoms with Gasteiger partial charge in [-0.1, -0.05) is 26.7 Å². The summed E-state index contributed by atoms with van der Waals surface area (Å²) in [5.41, 5.74) is 0. The summed E-state index contributed by atoms with van der Waals surface area (Å²) in [6.07, 6.45) is 3.56. The molecule has 0 spiro atoms. The largest absolute Gasteiger partial charge is 0.493 e. The van der Waals surface area contributed by atoms with Gasteiger partial charge in [-0.15, -0.1) is 11.8 Å². The number of hydrogen-bond donors (Lipinski definition) is 1. The molecule has 1 aliphatic rings. The van der Waals surface area contributed by atoms with Crippen molar-refractivity contribution in [3.05, 3.63) is 30.1 Å². The van der Waals surface area contributed by atoms with Crippen molar-refractivity contribution in [1.82, 2.24) is 5.32 Å². The van der Waals surface area contributed by atoms with Crippen LogP contribution < -0.4 is 10.1 Å². The van der Waals surface area contributed by atoms with E-state index in [1.807, 2.05) is 0 Å². The molecule has 0 aliphatic heterocycles. The molecule has 3 unspecified atom stereocenters. The molecule has 3 atom stereocenters. The van der Waals surface area contributed by atoms with Gasteiger partial charge in [0.1, 0.15) is 11.6 Å². The van der Waals surface area contributed by atoms with Gasteiger partial charge in [0.25, 0.3) is 0 Å². The van der Waals surface area contributed by atoms with Crippen LogP contribution in [0.2, 0.25) is 0 Å². The summed E-state index contributed by atoms with van der Waals surface area (Å²) in [6, 6.07) is 6.29. The number of benzene rings is 1. The van der Waals surface area contributed by atoms with Crippen LogP contribution in [0.15, 0.2) is 24.3 Å². The Kier molecular flexibility index (Phi) is 7.21. The summed E-state index contributed by atoms with van der Waals surface area (Å²) in [5.74, 6) is 2.94. The van der Waals surface area contributed by atoms with Gasteiger partial charge in [-0.05, 0) is 42.5 Å². The molecule has 1 fully saturated rings. The third kappa shape index (κ3) is 6.05. The Bertz CT molecular complexity index is 494. The lowest BCUT2D eigenvalue weighted by Gasteiger charge is -2.34.